The molecule has 0 radical (unpaired) electrons. The van der Waals surface area contributed by atoms with Crippen LogP contribution in [0.25, 0.3) is 0 Å². The lowest BCUT2D eigenvalue weighted by molar-refractivity contribution is -0.0183. The first-order valence-electron chi connectivity index (χ1n) is 6.02. The molecule has 90 valence electrons. The molecule has 4 heteroatoms. The largest absolute Gasteiger partial charge is 0.371 e. The molecule has 2 unspecified atom stereocenters. The van der Waals surface area contributed by atoms with E-state index in [1.54, 1.807) is 11.3 Å². The van der Waals surface area contributed by atoms with Crippen LogP contribution in [0.1, 0.15) is 36.4 Å². The first-order valence-corrected chi connectivity index (χ1v) is 6.90. The number of aryl methyl sites for hydroxylation is 1. The molecule has 2 rings (SSSR count). The number of nitrogens with zero attached hydrogens (tertiary/aromatic N) is 1. The van der Waals surface area contributed by atoms with Crippen LogP contribution in [-0.2, 0) is 11.3 Å². The predicted molar refractivity (Wildman–Crippen MR) is 66.4 cm³/mol. The molecule has 3 nitrogen and oxygen atoms in total. The summed E-state index contributed by atoms with van der Waals surface area (Å²) in [6, 6.07) is 0. The molecule has 1 aromatic rings. The number of aromatic nitrogens is 1. The molecule has 0 saturated heterocycles. The third-order valence-corrected chi connectivity index (χ3v) is 4.17. The molecule has 0 spiro atoms. The summed E-state index contributed by atoms with van der Waals surface area (Å²) < 4.78 is 5.95. The summed E-state index contributed by atoms with van der Waals surface area (Å²) in [7, 11) is 0. The summed E-state index contributed by atoms with van der Waals surface area (Å²) in [6.45, 7) is 3.42. The van der Waals surface area contributed by atoms with E-state index < -0.39 is 0 Å². The zero-order valence-electron chi connectivity index (χ0n) is 9.82. The van der Waals surface area contributed by atoms with Gasteiger partial charge in [0, 0.05) is 11.1 Å². The SMILES string of the molecule is Cc1csc(COC2CCCCC2CN)n1. The standard InChI is InChI=1S/C12H20N2OS/c1-9-8-16-12(14-9)7-15-11-5-3-2-4-10(11)6-13/h8,10-11H,2-7,13H2,1H3. The lowest BCUT2D eigenvalue weighted by atomic mass is 9.86. The van der Waals surface area contributed by atoms with Gasteiger partial charge in [0.25, 0.3) is 0 Å². The van der Waals surface area contributed by atoms with Gasteiger partial charge in [-0.15, -0.1) is 11.3 Å². The molecule has 0 aliphatic heterocycles. The van der Waals surface area contributed by atoms with Crippen LogP contribution in [-0.4, -0.2) is 17.6 Å². The van der Waals surface area contributed by atoms with Crippen molar-refractivity contribution in [2.75, 3.05) is 6.54 Å². The Hall–Kier alpha value is -0.450. The fraction of sp³-hybridized carbons (Fsp3) is 0.750. The number of rotatable bonds is 4. The zero-order chi connectivity index (χ0) is 11.4. The van der Waals surface area contributed by atoms with Gasteiger partial charge in [-0.25, -0.2) is 4.98 Å². The third-order valence-electron chi connectivity index (χ3n) is 3.23. The maximum atomic E-state index is 5.95. The van der Waals surface area contributed by atoms with Gasteiger partial charge >= 0.3 is 0 Å². The van der Waals surface area contributed by atoms with Crippen LogP contribution < -0.4 is 5.73 Å². The Morgan fingerprint density at radius 2 is 2.31 bits per heavy atom. The maximum absolute atomic E-state index is 5.95. The lowest BCUT2D eigenvalue weighted by Gasteiger charge is -2.30. The van der Waals surface area contributed by atoms with E-state index in [0.717, 1.165) is 23.7 Å². The van der Waals surface area contributed by atoms with E-state index in [9.17, 15) is 0 Å². The molecule has 0 amide bonds. The molecule has 0 aromatic carbocycles. The molecule has 1 fully saturated rings. The van der Waals surface area contributed by atoms with Gasteiger partial charge in [0.1, 0.15) is 5.01 Å². The van der Waals surface area contributed by atoms with Crippen LogP contribution >= 0.6 is 11.3 Å². The molecular formula is C12H20N2OS. The van der Waals surface area contributed by atoms with E-state index in [4.69, 9.17) is 10.5 Å². The summed E-state index contributed by atoms with van der Waals surface area (Å²) in [5.74, 6) is 0.551. The highest BCUT2D eigenvalue weighted by Crippen LogP contribution is 2.27. The molecule has 1 heterocycles. The summed E-state index contributed by atoms with van der Waals surface area (Å²) in [6.07, 6.45) is 5.31. The van der Waals surface area contributed by atoms with Gasteiger partial charge in [0.2, 0.25) is 0 Å². The molecule has 16 heavy (non-hydrogen) atoms. The van der Waals surface area contributed by atoms with Crippen LogP contribution in [0.2, 0.25) is 0 Å². The van der Waals surface area contributed by atoms with Crippen molar-refractivity contribution in [2.24, 2.45) is 11.7 Å². The fourth-order valence-corrected chi connectivity index (χ4v) is 3.00. The second-order valence-corrected chi connectivity index (χ2v) is 5.45. The maximum Gasteiger partial charge on any atom is 0.119 e. The van der Waals surface area contributed by atoms with Crippen molar-refractivity contribution in [1.29, 1.82) is 0 Å². The average molecular weight is 240 g/mol. The molecule has 1 saturated carbocycles. The van der Waals surface area contributed by atoms with Crippen LogP contribution in [0.5, 0.6) is 0 Å². The Bertz CT molecular complexity index is 327. The Kier molecular flexibility index (Phi) is 4.32. The van der Waals surface area contributed by atoms with Crippen molar-refractivity contribution in [3.05, 3.63) is 16.1 Å². The molecule has 0 bridgehead atoms. The summed E-state index contributed by atoms with van der Waals surface area (Å²) in [5.41, 5.74) is 6.86. The van der Waals surface area contributed by atoms with Crippen molar-refractivity contribution in [3.63, 3.8) is 0 Å². The van der Waals surface area contributed by atoms with E-state index >= 15 is 0 Å². The minimum absolute atomic E-state index is 0.350. The highest BCUT2D eigenvalue weighted by molar-refractivity contribution is 7.09. The zero-order valence-corrected chi connectivity index (χ0v) is 10.6. The highest BCUT2D eigenvalue weighted by Gasteiger charge is 2.24. The number of thiazole rings is 1. The lowest BCUT2D eigenvalue weighted by Crippen LogP contribution is -2.33. The topological polar surface area (TPSA) is 48.1 Å². The summed E-state index contributed by atoms with van der Waals surface area (Å²) in [4.78, 5) is 4.41. The third kappa shape index (κ3) is 3.03. The van der Waals surface area contributed by atoms with Gasteiger partial charge in [-0.3, -0.25) is 0 Å². The van der Waals surface area contributed by atoms with Crippen molar-refractivity contribution in [1.82, 2.24) is 4.98 Å². The van der Waals surface area contributed by atoms with Gasteiger partial charge < -0.3 is 10.5 Å². The van der Waals surface area contributed by atoms with Crippen LogP contribution in [0, 0.1) is 12.8 Å². The average Bonchev–Trinajstić information content (AvgIpc) is 2.73. The van der Waals surface area contributed by atoms with Gasteiger partial charge in [-0.1, -0.05) is 12.8 Å². The summed E-state index contributed by atoms with van der Waals surface area (Å²) >= 11 is 1.68. The van der Waals surface area contributed by atoms with Gasteiger partial charge in [0.05, 0.1) is 12.7 Å². The fourth-order valence-electron chi connectivity index (χ4n) is 2.31. The number of hydrogen-bond acceptors (Lipinski definition) is 4. The number of hydrogen-bond donors (Lipinski definition) is 1. The first kappa shape index (κ1) is 12.0. The molecule has 1 aromatic heterocycles. The van der Waals surface area contributed by atoms with E-state index in [0.29, 0.717) is 18.6 Å². The van der Waals surface area contributed by atoms with Crippen LogP contribution in [0.15, 0.2) is 5.38 Å². The first-order chi connectivity index (χ1) is 7.79. The van der Waals surface area contributed by atoms with E-state index in [-0.39, 0.29) is 0 Å². The monoisotopic (exact) mass is 240 g/mol. The molecular weight excluding hydrogens is 220 g/mol. The van der Waals surface area contributed by atoms with Crippen molar-refractivity contribution in [3.8, 4) is 0 Å². The van der Waals surface area contributed by atoms with Crippen molar-refractivity contribution >= 4 is 11.3 Å². The Morgan fingerprint density at radius 3 is 3.00 bits per heavy atom. The number of ether oxygens (including phenoxy) is 1. The van der Waals surface area contributed by atoms with Crippen molar-refractivity contribution in [2.45, 2.75) is 45.3 Å². The van der Waals surface area contributed by atoms with Crippen LogP contribution in [0.4, 0.5) is 0 Å². The van der Waals surface area contributed by atoms with Crippen LogP contribution in [0.3, 0.4) is 0 Å². The second-order valence-electron chi connectivity index (χ2n) is 4.51. The van der Waals surface area contributed by atoms with Gasteiger partial charge in [0.15, 0.2) is 0 Å². The second kappa shape index (κ2) is 5.75. The molecule has 1 aliphatic rings. The smallest absolute Gasteiger partial charge is 0.119 e. The van der Waals surface area contributed by atoms with Gasteiger partial charge in [-0.05, 0) is 32.2 Å². The molecule has 2 N–H and O–H groups in total. The van der Waals surface area contributed by atoms with E-state index in [1.165, 1.54) is 19.3 Å². The Morgan fingerprint density at radius 1 is 1.50 bits per heavy atom. The van der Waals surface area contributed by atoms with E-state index in [1.807, 2.05) is 6.92 Å². The Labute approximate surface area is 101 Å². The molecule has 1 aliphatic carbocycles. The quantitative estimate of drug-likeness (QED) is 0.879. The minimum Gasteiger partial charge on any atom is -0.371 e. The number of nitrogens with two attached hydrogens (primary N) is 1. The predicted octanol–water partition coefficient (Wildman–Crippen LogP) is 2.49. The van der Waals surface area contributed by atoms with Gasteiger partial charge in [-0.2, -0.15) is 0 Å². The normalized spacial score (nSPS) is 25.9. The minimum atomic E-state index is 0.350. The summed E-state index contributed by atoms with van der Waals surface area (Å²) in [5, 5.41) is 3.15. The Balaban J connectivity index is 1.84. The van der Waals surface area contributed by atoms with E-state index in [2.05, 4.69) is 10.4 Å². The highest BCUT2D eigenvalue weighted by atomic mass is 32.1. The van der Waals surface area contributed by atoms with Crippen molar-refractivity contribution < 1.29 is 4.74 Å². The molecule has 2 atom stereocenters.